The number of amides is 2. The average Bonchev–Trinajstić information content (AvgIpc) is 2.70. The lowest BCUT2D eigenvalue weighted by molar-refractivity contribution is -0.139. The highest BCUT2D eigenvalue weighted by atomic mass is 79.9. The topological polar surface area (TPSA) is 86.8 Å². The maximum absolute atomic E-state index is 13.2. The summed E-state index contributed by atoms with van der Waals surface area (Å²) in [6.07, 6.45) is 1.05. The third kappa shape index (κ3) is 6.56. The summed E-state index contributed by atoms with van der Waals surface area (Å²) in [7, 11) is -3.72. The zero-order valence-electron chi connectivity index (χ0n) is 17.2. The van der Waals surface area contributed by atoms with E-state index in [1.165, 1.54) is 4.90 Å². The summed E-state index contributed by atoms with van der Waals surface area (Å²) in [6.45, 7) is 3.65. The number of hydrogen-bond acceptors (Lipinski definition) is 4. The van der Waals surface area contributed by atoms with Crippen molar-refractivity contribution in [3.05, 3.63) is 64.6 Å². The normalized spacial score (nSPS) is 12.1. The van der Waals surface area contributed by atoms with Gasteiger partial charge in [-0.15, -0.1) is 0 Å². The van der Waals surface area contributed by atoms with Crippen molar-refractivity contribution < 1.29 is 18.0 Å². The lowest BCUT2D eigenvalue weighted by Crippen LogP contribution is -2.51. The van der Waals surface area contributed by atoms with Crippen LogP contribution < -0.4 is 9.62 Å². The van der Waals surface area contributed by atoms with Crippen LogP contribution in [0, 0.1) is 0 Å². The number of anilines is 1. The Kier molecular flexibility index (Phi) is 8.43. The molecule has 0 aliphatic carbocycles. The fraction of sp³-hybridized carbons (Fsp3) is 0.333. The summed E-state index contributed by atoms with van der Waals surface area (Å²) in [5.74, 6) is -0.762. The molecular formula is C21H26BrN3O4S. The van der Waals surface area contributed by atoms with Crippen molar-refractivity contribution in [1.29, 1.82) is 0 Å². The van der Waals surface area contributed by atoms with Crippen LogP contribution in [0.15, 0.2) is 59.1 Å². The minimum atomic E-state index is -3.72. The fourth-order valence-electron chi connectivity index (χ4n) is 2.91. The molecule has 0 radical (unpaired) electrons. The van der Waals surface area contributed by atoms with Gasteiger partial charge in [-0.2, -0.15) is 0 Å². The number of sulfonamides is 1. The van der Waals surface area contributed by atoms with Crippen molar-refractivity contribution >= 4 is 43.5 Å². The number of carbonyl (C=O) groups excluding carboxylic acids is 2. The standard InChI is InChI=1S/C21H26BrN3O4S/c1-4-23-21(27)16(2)24(14-17-8-6-5-7-9-17)20(26)15-25(30(3,28)29)19-12-10-18(22)11-13-19/h5-13,16H,4,14-15H2,1-3H3,(H,23,27)/t16-/m0/s1. The first kappa shape index (κ1) is 23.9. The van der Waals surface area contributed by atoms with E-state index < -0.39 is 28.5 Å². The summed E-state index contributed by atoms with van der Waals surface area (Å²) in [5.41, 5.74) is 1.22. The number of hydrogen-bond donors (Lipinski definition) is 1. The van der Waals surface area contributed by atoms with E-state index in [2.05, 4.69) is 21.2 Å². The number of carbonyl (C=O) groups is 2. The largest absolute Gasteiger partial charge is 0.355 e. The molecule has 30 heavy (non-hydrogen) atoms. The maximum atomic E-state index is 13.2. The van der Waals surface area contributed by atoms with E-state index in [9.17, 15) is 18.0 Å². The number of nitrogens with zero attached hydrogens (tertiary/aromatic N) is 2. The number of halogens is 1. The Morgan fingerprint density at radius 2 is 1.67 bits per heavy atom. The highest BCUT2D eigenvalue weighted by Gasteiger charge is 2.29. The molecule has 9 heteroatoms. The number of rotatable bonds is 9. The molecule has 2 aromatic carbocycles. The van der Waals surface area contributed by atoms with E-state index >= 15 is 0 Å². The van der Waals surface area contributed by atoms with E-state index in [1.807, 2.05) is 30.3 Å². The van der Waals surface area contributed by atoms with Crippen LogP contribution in [0.4, 0.5) is 5.69 Å². The van der Waals surface area contributed by atoms with Gasteiger partial charge in [0.05, 0.1) is 11.9 Å². The van der Waals surface area contributed by atoms with Crippen molar-refractivity contribution in [2.24, 2.45) is 0 Å². The molecule has 2 aromatic rings. The second kappa shape index (κ2) is 10.6. The second-order valence-electron chi connectivity index (χ2n) is 6.82. The first-order valence-electron chi connectivity index (χ1n) is 9.48. The molecule has 0 unspecified atom stereocenters. The summed E-state index contributed by atoms with van der Waals surface area (Å²) in [5, 5.41) is 2.72. The van der Waals surface area contributed by atoms with E-state index in [0.717, 1.165) is 20.6 Å². The van der Waals surface area contributed by atoms with Gasteiger partial charge in [0, 0.05) is 17.6 Å². The number of benzene rings is 2. The highest BCUT2D eigenvalue weighted by molar-refractivity contribution is 9.10. The molecule has 2 amide bonds. The van der Waals surface area contributed by atoms with Gasteiger partial charge in [-0.05, 0) is 43.7 Å². The van der Waals surface area contributed by atoms with Crippen LogP contribution in [-0.4, -0.2) is 50.5 Å². The van der Waals surface area contributed by atoms with Gasteiger partial charge in [-0.1, -0.05) is 46.3 Å². The van der Waals surface area contributed by atoms with Gasteiger partial charge < -0.3 is 10.2 Å². The number of likely N-dealkylation sites (N-methyl/N-ethyl adjacent to an activating group) is 1. The SMILES string of the molecule is CCNC(=O)[C@H](C)N(Cc1ccccc1)C(=O)CN(c1ccc(Br)cc1)S(C)(=O)=O. The van der Waals surface area contributed by atoms with Gasteiger partial charge >= 0.3 is 0 Å². The molecule has 0 heterocycles. The third-order valence-electron chi connectivity index (χ3n) is 4.51. The number of nitrogens with one attached hydrogen (secondary N) is 1. The zero-order chi connectivity index (χ0) is 22.3. The predicted molar refractivity (Wildman–Crippen MR) is 121 cm³/mol. The Balaban J connectivity index is 2.34. The highest BCUT2D eigenvalue weighted by Crippen LogP contribution is 2.21. The molecule has 162 valence electrons. The van der Waals surface area contributed by atoms with Crippen LogP contribution in [0.2, 0.25) is 0 Å². The Morgan fingerprint density at radius 3 is 2.20 bits per heavy atom. The summed E-state index contributed by atoms with van der Waals surface area (Å²) < 4.78 is 26.6. The Morgan fingerprint density at radius 1 is 1.07 bits per heavy atom. The maximum Gasteiger partial charge on any atom is 0.244 e. The predicted octanol–water partition coefficient (Wildman–Crippen LogP) is 2.77. The average molecular weight is 496 g/mol. The fourth-order valence-corrected chi connectivity index (χ4v) is 4.02. The van der Waals surface area contributed by atoms with Crippen molar-refractivity contribution in [3.8, 4) is 0 Å². The van der Waals surface area contributed by atoms with E-state index in [0.29, 0.717) is 12.2 Å². The molecule has 0 fully saturated rings. The van der Waals surface area contributed by atoms with Crippen LogP contribution in [0.25, 0.3) is 0 Å². The van der Waals surface area contributed by atoms with Gasteiger partial charge in [0.15, 0.2) is 0 Å². The quantitative estimate of drug-likeness (QED) is 0.579. The molecule has 0 spiro atoms. The minimum absolute atomic E-state index is 0.190. The summed E-state index contributed by atoms with van der Waals surface area (Å²) >= 11 is 3.32. The van der Waals surface area contributed by atoms with Crippen LogP contribution in [0.3, 0.4) is 0 Å². The van der Waals surface area contributed by atoms with Gasteiger partial charge in [-0.25, -0.2) is 8.42 Å². The van der Waals surface area contributed by atoms with Crippen molar-refractivity contribution in [2.75, 3.05) is 23.7 Å². The summed E-state index contributed by atoms with van der Waals surface area (Å²) in [4.78, 5) is 27.1. The van der Waals surface area contributed by atoms with E-state index in [-0.39, 0.29) is 12.5 Å². The molecule has 7 nitrogen and oxygen atoms in total. The molecule has 1 N–H and O–H groups in total. The minimum Gasteiger partial charge on any atom is -0.355 e. The van der Waals surface area contributed by atoms with E-state index in [1.54, 1.807) is 38.1 Å². The van der Waals surface area contributed by atoms with Gasteiger partial charge in [0.1, 0.15) is 12.6 Å². The Hall–Kier alpha value is -2.39. The van der Waals surface area contributed by atoms with Crippen molar-refractivity contribution in [1.82, 2.24) is 10.2 Å². The second-order valence-corrected chi connectivity index (χ2v) is 9.65. The Bertz CT molecular complexity index is 966. The Labute approximate surface area is 186 Å². The molecule has 0 aliphatic heterocycles. The van der Waals surface area contributed by atoms with Crippen LogP contribution in [0.5, 0.6) is 0 Å². The molecular weight excluding hydrogens is 470 g/mol. The molecule has 0 bridgehead atoms. The van der Waals surface area contributed by atoms with Crippen LogP contribution in [-0.2, 0) is 26.2 Å². The smallest absolute Gasteiger partial charge is 0.244 e. The first-order valence-corrected chi connectivity index (χ1v) is 12.1. The zero-order valence-corrected chi connectivity index (χ0v) is 19.6. The molecule has 0 aromatic heterocycles. The molecule has 0 aliphatic rings. The summed E-state index contributed by atoms with van der Waals surface area (Å²) in [6, 6.07) is 15.2. The third-order valence-corrected chi connectivity index (χ3v) is 6.18. The molecule has 1 atom stereocenters. The molecule has 2 rings (SSSR count). The van der Waals surface area contributed by atoms with E-state index in [4.69, 9.17) is 0 Å². The first-order chi connectivity index (χ1) is 14.1. The monoisotopic (exact) mass is 495 g/mol. The van der Waals surface area contributed by atoms with Gasteiger partial charge in [-0.3, -0.25) is 13.9 Å². The van der Waals surface area contributed by atoms with Gasteiger partial charge in [0.25, 0.3) is 0 Å². The van der Waals surface area contributed by atoms with Crippen LogP contribution in [0.1, 0.15) is 19.4 Å². The molecule has 0 saturated heterocycles. The van der Waals surface area contributed by atoms with Crippen molar-refractivity contribution in [3.63, 3.8) is 0 Å². The van der Waals surface area contributed by atoms with Crippen molar-refractivity contribution in [2.45, 2.75) is 26.4 Å². The van der Waals surface area contributed by atoms with Gasteiger partial charge in [0.2, 0.25) is 21.8 Å². The lowest BCUT2D eigenvalue weighted by atomic mass is 10.1. The van der Waals surface area contributed by atoms with Crippen LogP contribution >= 0.6 is 15.9 Å². The molecule has 0 saturated carbocycles. The lowest BCUT2D eigenvalue weighted by Gasteiger charge is -2.31.